The SMILES string of the molecule is CC(=O)NCc1ncn2cc(C3=C(C(=O)O)N4C(=O)[C@H]([C@@H](C)O)[C@H]4[C@H]3C)sc12. The minimum atomic E-state index is -1.16. The van der Waals surface area contributed by atoms with Crippen molar-refractivity contribution in [3.63, 3.8) is 0 Å². The Balaban J connectivity index is 1.76. The Hall–Kier alpha value is -2.72. The molecule has 0 unspecified atom stereocenters. The number of hydrogen-bond donors (Lipinski definition) is 3. The zero-order valence-electron chi connectivity index (χ0n) is 15.5. The van der Waals surface area contributed by atoms with Gasteiger partial charge in [0.2, 0.25) is 11.8 Å². The van der Waals surface area contributed by atoms with Gasteiger partial charge in [-0.25, -0.2) is 9.78 Å². The number of β-lactam (4-membered cyclic amide) rings is 1. The summed E-state index contributed by atoms with van der Waals surface area (Å²) in [6.45, 7) is 5.15. The van der Waals surface area contributed by atoms with Gasteiger partial charge in [-0.15, -0.1) is 11.3 Å². The monoisotopic (exact) mass is 404 g/mol. The van der Waals surface area contributed by atoms with E-state index in [1.54, 1.807) is 23.8 Å². The van der Waals surface area contributed by atoms with Crippen LogP contribution >= 0.6 is 11.3 Å². The van der Waals surface area contributed by atoms with Gasteiger partial charge in [0.05, 0.1) is 35.2 Å². The van der Waals surface area contributed by atoms with Gasteiger partial charge in [0.15, 0.2) is 0 Å². The highest BCUT2D eigenvalue weighted by atomic mass is 32.1. The molecule has 2 aliphatic heterocycles. The van der Waals surface area contributed by atoms with E-state index in [0.29, 0.717) is 11.3 Å². The third kappa shape index (κ3) is 2.55. The molecule has 2 aliphatic rings. The minimum Gasteiger partial charge on any atom is -0.477 e. The van der Waals surface area contributed by atoms with Gasteiger partial charge in [-0.3, -0.25) is 14.0 Å². The predicted octanol–water partition coefficient (Wildman–Crippen LogP) is 0.685. The van der Waals surface area contributed by atoms with E-state index in [1.165, 1.54) is 23.2 Å². The van der Waals surface area contributed by atoms with Crippen LogP contribution in [0.1, 0.15) is 31.3 Å². The van der Waals surface area contributed by atoms with Crippen molar-refractivity contribution >= 4 is 39.5 Å². The molecular formula is C18H20N4O5S. The van der Waals surface area contributed by atoms with Crippen LogP contribution in [0.4, 0.5) is 0 Å². The van der Waals surface area contributed by atoms with Gasteiger partial charge in [-0.2, -0.15) is 0 Å². The molecule has 2 amide bonds. The molecule has 0 bridgehead atoms. The average Bonchev–Trinajstić information content (AvgIpc) is 3.22. The summed E-state index contributed by atoms with van der Waals surface area (Å²) in [4.78, 5) is 42.7. The molecule has 2 aromatic rings. The maximum Gasteiger partial charge on any atom is 0.352 e. The number of aromatic nitrogens is 2. The first-order valence-corrected chi connectivity index (χ1v) is 9.72. The van der Waals surface area contributed by atoms with Crippen LogP contribution in [-0.2, 0) is 20.9 Å². The number of fused-ring (bicyclic) bond motifs is 2. The zero-order valence-corrected chi connectivity index (χ0v) is 16.4. The first-order chi connectivity index (χ1) is 13.2. The van der Waals surface area contributed by atoms with Crippen molar-refractivity contribution in [1.29, 1.82) is 0 Å². The van der Waals surface area contributed by atoms with E-state index in [4.69, 9.17) is 0 Å². The molecule has 2 aromatic heterocycles. The Morgan fingerprint density at radius 3 is 2.75 bits per heavy atom. The summed E-state index contributed by atoms with van der Waals surface area (Å²) in [5.41, 5.74) is 1.27. The normalized spacial score (nSPS) is 25.1. The van der Waals surface area contributed by atoms with E-state index < -0.39 is 18.0 Å². The second-order valence-electron chi connectivity index (χ2n) is 7.23. The summed E-state index contributed by atoms with van der Waals surface area (Å²) in [5, 5.41) is 22.4. The van der Waals surface area contributed by atoms with Crippen molar-refractivity contribution in [1.82, 2.24) is 19.6 Å². The molecule has 4 rings (SSSR count). The van der Waals surface area contributed by atoms with Crippen LogP contribution in [0.25, 0.3) is 10.4 Å². The molecule has 3 N–H and O–H groups in total. The number of rotatable bonds is 5. The smallest absolute Gasteiger partial charge is 0.352 e. The lowest BCUT2D eigenvalue weighted by Crippen LogP contribution is -2.63. The Bertz CT molecular complexity index is 1040. The first kappa shape index (κ1) is 18.6. The second-order valence-corrected chi connectivity index (χ2v) is 8.26. The van der Waals surface area contributed by atoms with Crippen LogP contribution < -0.4 is 5.32 Å². The molecule has 10 heteroatoms. The standard InChI is InChI=1S/C18H20N4O5S/c1-7-12(15(18(26)27)22-14(7)13(8(2)23)16(22)25)11-5-21-6-20-10(17(21)28-11)4-19-9(3)24/h5-8,13-14,23H,4H2,1-3H3,(H,19,24)(H,26,27)/t7-,8+,13+,14+/m0/s1. The Kier molecular flexibility index (Phi) is 4.27. The summed E-state index contributed by atoms with van der Waals surface area (Å²) in [6.07, 6.45) is 2.58. The van der Waals surface area contributed by atoms with Gasteiger partial charge in [-0.05, 0) is 6.92 Å². The number of aliphatic carboxylic acids is 1. The number of amides is 2. The van der Waals surface area contributed by atoms with E-state index in [-0.39, 0.29) is 36.0 Å². The van der Waals surface area contributed by atoms with Crippen molar-refractivity contribution in [2.24, 2.45) is 11.8 Å². The van der Waals surface area contributed by atoms with Crippen molar-refractivity contribution < 1.29 is 24.6 Å². The number of hydrogen-bond acceptors (Lipinski definition) is 6. The van der Waals surface area contributed by atoms with Gasteiger partial charge in [0.25, 0.3) is 0 Å². The molecule has 0 aliphatic carbocycles. The van der Waals surface area contributed by atoms with Crippen LogP contribution in [0.3, 0.4) is 0 Å². The number of nitrogens with one attached hydrogen (secondary N) is 1. The van der Waals surface area contributed by atoms with Crippen LogP contribution in [-0.4, -0.2) is 54.4 Å². The number of carbonyl (C=O) groups excluding carboxylic acids is 2. The lowest BCUT2D eigenvalue weighted by Gasteiger charge is -2.46. The van der Waals surface area contributed by atoms with Crippen LogP contribution in [0.15, 0.2) is 18.2 Å². The van der Waals surface area contributed by atoms with Gasteiger partial charge < -0.3 is 20.4 Å². The molecule has 148 valence electrons. The average molecular weight is 404 g/mol. The Labute approximate surface area is 164 Å². The van der Waals surface area contributed by atoms with Crippen LogP contribution in [0.5, 0.6) is 0 Å². The molecule has 1 fully saturated rings. The summed E-state index contributed by atoms with van der Waals surface area (Å²) in [5.74, 6) is -2.49. The molecule has 4 atom stereocenters. The highest BCUT2D eigenvalue weighted by Gasteiger charge is 2.60. The number of aliphatic hydroxyl groups excluding tert-OH is 1. The fourth-order valence-electron chi connectivity index (χ4n) is 4.20. The number of nitrogens with zero attached hydrogens (tertiary/aromatic N) is 3. The van der Waals surface area contributed by atoms with E-state index in [2.05, 4.69) is 10.3 Å². The molecule has 9 nitrogen and oxygen atoms in total. The number of imidazole rings is 1. The molecule has 1 saturated heterocycles. The number of thiazole rings is 1. The maximum absolute atomic E-state index is 12.5. The molecule has 0 aromatic carbocycles. The first-order valence-electron chi connectivity index (χ1n) is 8.91. The maximum atomic E-state index is 12.5. The number of carbonyl (C=O) groups is 3. The van der Waals surface area contributed by atoms with E-state index >= 15 is 0 Å². The number of carboxylic acids is 1. The summed E-state index contributed by atoms with van der Waals surface area (Å²) >= 11 is 1.37. The van der Waals surface area contributed by atoms with Crippen molar-refractivity contribution in [2.75, 3.05) is 0 Å². The third-order valence-corrected chi connectivity index (χ3v) is 6.61. The van der Waals surface area contributed by atoms with Gasteiger partial charge in [0, 0.05) is 24.6 Å². The van der Waals surface area contributed by atoms with Gasteiger partial charge in [-0.1, -0.05) is 6.92 Å². The Morgan fingerprint density at radius 2 is 2.14 bits per heavy atom. The molecule has 0 spiro atoms. The lowest BCUT2D eigenvalue weighted by atomic mass is 9.77. The summed E-state index contributed by atoms with van der Waals surface area (Å²) < 4.78 is 1.79. The van der Waals surface area contributed by atoms with E-state index in [1.807, 2.05) is 6.92 Å². The third-order valence-electron chi connectivity index (χ3n) is 5.43. The second kappa shape index (κ2) is 6.42. The fourth-order valence-corrected chi connectivity index (χ4v) is 5.41. The van der Waals surface area contributed by atoms with E-state index in [9.17, 15) is 24.6 Å². The van der Waals surface area contributed by atoms with Crippen molar-refractivity contribution in [3.05, 3.63) is 28.8 Å². The largest absolute Gasteiger partial charge is 0.477 e. The minimum absolute atomic E-state index is 0.0136. The highest BCUT2D eigenvalue weighted by molar-refractivity contribution is 7.18. The quantitative estimate of drug-likeness (QED) is 0.630. The summed E-state index contributed by atoms with van der Waals surface area (Å²) in [6, 6.07) is -0.355. The predicted molar refractivity (Wildman–Crippen MR) is 100 cm³/mol. The number of aliphatic hydroxyl groups is 1. The van der Waals surface area contributed by atoms with Gasteiger partial charge in [0.1, 0.15) is 16.9 Å². The number of carboxylic acid groups (broad SMARTS) is 1. The molecule has 0 radical (unpaired) electrons. The summed E-state index contributed by atoms with van der Waals surface area (Å²) in [7, 11) is 0. The molecule has 0 saturated carbocycles. The Morgan fingerprint density at radius 1 is 1.43 bits per heavy atom. The van der Waals surface area contributed by atoms with Crippen molar-refractivity contribution in [3.8, 4) is 0 Å². The topological polar surface area (TPSA) is 124 Å². The lowest BCUT2D eigenvalue weighted by molar-refractivity contribution is -0.163. The van der Waals surface area contributed by atoms with Crippen LogP contribution in [0.2, 0.25) is 0 Å². The van der Waals surface area contributed by atoms with Crippen molar-refractivity contribution in [2.45, 2.75) is 39.5 Å². The van der Waals surface area contributed by atoms with Crippen LogP contribution in [0, 0.1) is 11.8 Å². The van der Waals surface area contributed by atoms with E-state index in [0.717, 1.165) is 9.71 Å². The highest BCUT2D eigenvalue weighted by Crippen LogP contribution is 2.51. The van der Waals surface area contributed by atoms with Gasteiger partial charge >= 0.3 is 5.97 Å². The molecular weight excluding hydrogens is 384 g/mol. The molecule has 28 heavy (non-hydrogen) atoms. The molecule has 4 heterocycles. The zero-order chi connectivity index (χ0) is 20.3. The fraction of sp³-hybridized carbons (Fsp3) is 0.444.